The predicted molar refractivity (Wildman–Crippen MR) is 116 cm³/mol. The number of aromatic nitrogens is 1. The predicted octanol–water partition coefficient (Wildman–Crippen LogP) is 4.59. The molecule has 0 saturated carbocycles. The van der Waals surface area contributed by atoms with Crippen LogP contribution < -0.4 is 4.74 Å². The van der Waals surface area contributed by atoms with Crippen molar-refractivity contribution in [2.24, 2.45) is 0 Å². The second-order valence-electron chi connectivity index (χ2n) is 8.20. The summed E-state index contributed by atoms with van der Waals surface area (Å²) < 4.78 is 25.7. The lowest BCUT2D eigenvalue weighted by molar-refractivity contribution is -0.142. The molecule has 3 aromatic rings. The Morgan fingerprint density at radius 1 is 1.06 bits per heavy atom. The molecular formula is C25H25FN2O3. The molecule has 2 aromatic carbocycles. The minimum absolute atomic E-state index is 0.0934. The van der Waals surface area contributed by atoms with E-state index in [2.05, 4.69) is 4.98 Å². The van der Waals surface area contributed by atoms with E-state index in [1.807, 2.05) is 35.2 Å². The first-order chi connectivity index (χ1) is 15.2. The van der Waals surface area contributed by atoms with Gasteiger partial charge < -0.3 is 14.4 Å². The number of pyridine rings is 1. The molecular weight excluding hydrogens is 395 g/mol. The molecule has 2 aliphatic heterocycles. The van der Waals surface area contributed by atoms with Gasteiger partial charge in [0.15, 0.2) is 0 Å². The van der Waals surface area contributed by atoms with Crippen LogP contribution in [-0.4, -0.2) is 47.7 Å². The first-order valence-corrected chi connectivity index (χ1v) is 10.9. The standard InChI is InChI=1S/C25H25FN2O3/c26-22-3-1-4-23-21(22)15-18(16-27-23)17-6-8-19(9-7-17)31-20-10-12-28(13-11-20)25(29)24-5-2-14-30-24/h1,3-4,6-9,15-16,20,24H,2,5,10-14H2/t24-/m1/s1. The molecule has 0 aliphatic carbocycles. The van der Waals surface area contributed by atoms with E-state index in [-0.39, 0.29) is 23.9 Å². The van der Waals surface area contributed by atoms with Crippen LogP contribution in [0.3, 0.4) is 0 Å². The second kappa shape index (κ2) is 8.63. The van der Waals surface area contributed by atoms with Gasteiger partial charge in [0.05, 0.1) is 5.52 Å². The number of amides is 1. The van der Waals surface area contributed by atoms with Crippen LogP contribution in [0, 0.1) is 5.82 Å². The Morgan fingerprint density at radius 3 is 2.61 bits per heavy atom. The van der Waals surface area contributed by atoms with Gasteiger partial charge in [0, 0.05) is 49.7 Å². The monoisotopic (exact) mass is 420 g/mol. The number of nitrogens with zero attached hydrogens (tertiary/aromatic N) is 2. The first-order valence-electron chi connectivity index (χ1n) is 10.9. The average Bonchev–Trinajstić information content (AvgIpc) is 3.35. The zero-order valence-electron chi connectivity index (χ0n) is 17.3. The molecule has 0 spiro atoms. The number of hydrogen-bond donors (Lipinski definition) is 0. The molecule has 1 aromatic heterocycles. The molecule has 2 saturated heterocycles. The van der Waals surface area contributed by atoms with Gasteiger partial charge in [-0.05, 0) is 48.7 Å². The molecule has 3 heterocycles. The number of carbonyl (C=O) groups excluding carboxylic acids is 1. The number of benzene rings is 2. The SMILES string of the molecule is O=C([C@H]1CCCO1)N1CCC(Oc2ccc(-c3cnc4cccc(F)c4c3)cc2)CC1. The number of fused-ring (bicyclic) bond motifs is 1. The van der Waals surface area contributed by atoms with Gasteiger partial charge in [0.25, 0.3) is 5.91 Å². The first kappa shape index (κ1) is 19.9. The van der Waals surface area contributed by atoms with E-state index in [4.69, 9.17) is 9.47 Å². The topological polar surface area (TPSA) is 51.7 Å². The molecule has 1 amide bonds. The fourth-order valence-electron chi connectivity index (χ4n) is 4.36. The summed E-state index contributed by atoms with van der Waals surface area (Å²) in [5.74, 6) is 0.657. The average molecular weight is 420 g/mol. The summed E-state index contributed by atoms with van der Waals surface area (Å²) in [6.07, 6.45) is 5.04. The molecule has 0 radical (unpaired) electrons. The number of ether oxygens (including phenoxy) is 2. The molecule has 2 fully saturated rings. The molecule has 5 nitrogen and oxygen atoms in total. The van der Waals surface area contributed by atoms with E-state index >= 15 is 0 Å². The summed E-state index contributed by atoms with van der Waals surface area (Å²) >= 11 is 0. The lowest BCUT2D eigenvalue weighted by Crippen LogP contribution is -2.45. The highest BCUT2D eigenvalue weighted by Gasteiger charge is 2.31. The number of rotatable bonds is 4. The number of likely N-dealkylation sites (tertiary alicyclic amines) is 1. The van der Waals surface area contributed by atoms with E-state index in [1.54, 1.807) is 18.3 Å². The fraction of sp³-hybridized carbons (Fsp3) is 0.360. The van der Waals surface area contributed by atoms with Crippen molar-refractivity contribution in [3.8, 4) is 16.9 Å². The normalized spacial score (nSPS) is 19.6. The number of halogens is 1. The van der Waals surface area contributed by atoms with Crippen molar-refractivity contribution < 1.29 is 18.7 Å². The largest absolute Gasteiger partial charge is 0.490 e. The van der Waals surface area contributed by atoms with Gasteiger partial charge in [-0.1, -0.05) is 18.2 Å². The summed E-state index contributed by atoms with van der Waals surface area (Å²) in [7, 11) is 0. The van der Waals surface area contributed by atoms with Crippen LogP contribution in [0.5, 0.6) is 5.75 Å². The van der Waals surface area contributed by atoms with Gasteiger partial charge in [-0.2, -0.15) is 0 Å². The van der Waals surface area contributed by atoms with Crippen LogP contribution in [0.4, 0.5) is 4.39 Å². The van der Waals surface area contributed by atoms with Gasteiger partial charge in [-0.3, -0.25) is 9.78 Å². The van der Waals surface area contributed by atoms with E-state index < -0.39 is 0 Å². The van der Waals surface area contributed by atoms with Crippen LogP contribution in [0.1, 0.15) is 25.7 Å². The maximum absolute atomic E-state index is 14.1. The lowest BCUT2D eigenvalue weighted by atomic mass is 10.0. The van der Waals surface area contributed by atoms with Crippen LogP contribution in [0.15, 0.2) is 54.7 Å². The van der Waals surface area contributed by atoms with E-state index in [9.17, 15) is 9.18 Å². The van der Waals surface area contributed by atoms with Crippen molar-refractivity contribution >= 4 is 16.8 Å². The van der Waals surface area contributed by atoms with Crippen molar-refractivity contribution in [1.29, 1.82) is 0 Å². The number of hydrogen-bond acceptors (Lipinski definition) is 4. The van der Waals surface area contributed by atoms with Gasteiger partial charge in [-0.25, -0.2) is 4.39 Å². The van der Waals surface area contributed by atoms with Gasteiger partial charge in [-0.15, -0.1) is 0 Å². The fourth-order valence-corrected chi connectivity index (χ4v) is 4.36. The van der Waals surface area contributed by atoms with Crippen molar-refractivity contribution in [1.82, 2.24) is 9.88 Å². The Bertz CT molecular complexity index is 1070. The summed E-state index contributed by atoms with van der Waals surface area (Å²) in [6.45, 7) is 2.10. The lowest BCUT2D eigenvalue weighted by Gasteiger charge is -2.33. The van der Waals surface area contributed by atoms with Crippen LogP contribution >= 0.6 is 0 Å². The number of piperidine rings is 1. The molecule has 160 valence electrons. The minimum atomic E-state index is -0.267. The van der Waals surface area contributed by atoms with Crippen molar-refractivity contribution in [2.75, 3.05) is 19.7 Å². The van der Waals surface area contributed by atoms with E-state index in [0.29, 0.717) is 30.6 Å². The number of carbonyl (C=O) groups is 1. The summed E-state index contributed by atoms with van der Waals surface area (Å²) in [6, 6.07) is 14.6. The van der Waals surface area contributed by atoms with Crippen molar-refractivity contribution in [3.05, 3.63) is 60.5 Å². The Hall–Kier alpha value is -2.99. The van der Waals surface area contributed by atoms with Gasteiger partial charge in [0.2, 0.25) is 0 Å². The maximum Gasteiger partial charge on any atom is 0.251 e. The van der Waals surface area contributed by atoms with E-state index in [0.717, 1.165) is 42.6 Å². The van der Waals surface area contributed by atoms with Crippen LogP contribution in [0.25, 0.3) is 22.0 Å². The quantitative estimate of drug-likeness (QED) is 0.620. The zero-order chi connectivity index (χ0) is 21.2. The smallest absolute Gasteiger partial charge is 0.251 e. The molecule has 0 N–H and O–H groups in total. The molecule has 2 aliphatic rings. The Balaban J connectivity index is 1.20. The third kappa shape index (κ3) is 4.26. The Kier molecular flexibility index (Phi) is 5.55. The third-order valence-corrected chi connectivity index (χ3v) is 6.12. The molecule has 6 heteroatoms. The minimum Gasteiger partial charge on any atom is -0.490 e. The Morgan fingerprint density at radius 2 is 1.87 bits per heavy atom. The summed E-state index contributed by atoms with van der Waals surface area (Å²) in [5, 5.41) is 0.518. The molecule has 0 unspecified atom stereocenters. The summed E-state index contributed by atoms with van der Waals surface area (Å²) in [5.41, 5.74) is 2.47. The van der Waals surface area contributed by atoms with E-state index in [1.165, 1.54) is 6.07 Å². The summed E-state index contributed by atoms with van der Waals surface area (Å²) in [4.78, 5) is 18.8. The van der Waals surface area contributed by atoms with Crippen LogP contribution in [0.2, 0.25) is 0 Å². The zero-order valence-corrected chi connectivity index (χ0v) is 17.3. The Labute approximate surface area is 180 Å². The maximum atomic E-state index is 14.1. The van der Waals surface area contributed by atoms with Crippen LogP contribution in [-0.2, 0) is 9.53 Å². The van der Waals surface area contributed by atoms with Gasteiger partial charge in [0.1, 0.15) is 23.8 Å². The molecule has 1 atom stereocenters. The highest BCUT2D eigenvalue weighted by atomic mass is 19.1. The van der Waals surface area contributed by atoms with Gasteiger partial charge >= 0.3 is 0 Å². The molecule has 0 bridgehead atoms. The van der Waals surface area contributed by atoms with Crippen molar-refractivity contribution in [2.45, 2.75) is 37.9 Å². The molecule has 5 rings (SSSR count). The highest BCUT2D eigenvalue weighted by molar-refractivity contribution is 5.84. The van der Waals surface area contributed by atoms with Crippen molar-refractivity contribution in [3.63, 3.8) is 0 Å². The second-order valence-corrected chi connectivity index (χ2v) is 8.20. The molecule has 31 heavy (non-hydrogen) atoms. The third-order valence-electron chi connectivity index (χ3n) is 6.12. The highest BCUT2D eigenvalue weighted by Crippen LogP contribution is 2.27.